The minimum absolute atomic E-state index is 0.0504. The average Bonchev–Trinajstić information content (AvgIpc) is 2.86. The number of urea groups is 1. The highest BCUT2D eigenvalue weighted by atomic mass is 16.7. The summed E-state index contributed by atoms with van der Waals surface area (Å²) in [6.45, 7) is 15.8. The molecule has 3 atom stereocenters. The zero-order chi connectivity index (χ0) is 29.8. The van der Waals surface area contributed by atoms with Crippen LogP contribution in [0, 0.1) is 5.41 Å². The van der Waals surface area contributed by atoms with E-state index in [-0.39, 0.29) is 48.6 Å². The van der Waals surface area contributed by atoms with Gasteiger partial charge in [0.05, 0.1) is 19.1 Å². The second-order valence-electron chi connectivity index (χ2n) is 13.2. The standard InChI is InChI=1S/C31H55N3O6/c1-8-9-10-11-12-13-16-20-30(4,5)34-28(37)33-23-17-14-15-18-24(23)39-25(35)19-21-32-27(36)26-29(2,3)22-38-31(6,7)40-26/h8,23-24,26H,1,9-22H2,2-7H3,(H,32,36)(H2,33,34,37). The Kier molecular flexibility index (Phi) is 13.4. The molecule has 0 aromatic carbocycles. The highest BCUT2D eigenvalue weighted by molar-refractivity contribution is 5.82. The summed E-state index contributed by atoms with van der Waals surface area (Å²) in [7, 11) is 0. The van der Waals surface area contributed by atoms with Gasteiger partial charge in [0.2, 0.25) is 5.91 Å². The number of hydrogen-bond donors (Lipinski definition) is 3. The Morgan fingerprint density at radius 3 is 2.42 bits per heavy atom. The van der Waals surface area contributed by atoms with Crippen molar-refractivity contribution in [2.24, 2.45) is 5.41 Å². The number of ether oxygens (including phenoxy) is 3. The lowest BCUT2D eigenvalue weighted by molar-refractivity contribution is -0.304. The zero-order valence-corrected chi connectivity index (χ0v) is 25.9. The maximum Gasteiger partial charge on any atom is 0.315 e. The first kappa shape index (κ1) is 34.1. The minimum Gasteiger partial charge on any atom is -0.460 e. The molecule has 0 aromatic heterocycles. The molecule has 3 N–H and O–H groups in total. The van der Waals surface area contributed by atoms with E-state index < -0.39 is 17.3 Å². The molecule has 3 unspecified atom stereocenters. The van der Waals surface area contributed by atoms with Crippen molar-refractivity contribution in [3.05, 3.63) is 12.7 Å². The number of carbonyl (C=O) groups is 3. The Bertz CT molecular complexity index is 841. The van der Waals surface area contributed by atoms with Gasteiger partial charge >= 0.3 is 12.0 Å². The smallest absolute Gasteiger partial charge is 0.315 e. The van der Waals surface area contributed by atoms with E-state index in [2.05, 4.69) is 22.5 Å². The molecule has 40 heavy (non-hydrogen) atoms. The molecular weight excluding hydrogens is 510 g/mol. The Balaban J connectivity index is 1.74. The van der Waals surface area contributed by atoms with Crippen molar-refractivity contribution in [2.75, 3.05) is 13.2 Å². The molecule has 2 fully saturated rings. The normalized spacial score (nSPS) is 24.0. The van der Waals surface area contributed by atoms with Crippen LogP contribution in [-0.2, 0) is 23.8 Å². The molecule has 1 saturated carbocycles. The summed E-state index contributed by atoms with van der Waals surface area (Å²) in [6.07, 6.45) is 12.2. The van der Waals surface area contributed by atoms with Crippen LogP contribution in [-0.4, -0.2) is 60.6 Å². The third-order valence-electron chi connectivity index (χ3n) is 7.73. The predicted octanol–water partition coefficient (Wildman–Crippen LogP) is 5.52. The van der Waals surface area contributed by atoms with Gasteiger partial charge in [-0.15, -0.1) is 6.58 Å². The summed E-state index contributed by atoms with van der Waals surface area (Å²) in [6, 6.07) is -0.454. The van der Waals surface area contributed by atoms with Crippen molar-refractivity contribution >= 4 is 17.9 Å². The van der Waals surface area contributed by atoms with E-state index in [4.69, 9.17) is 14.2 Å². The summed E-state index contributed by atoms with van der Waals surface area (Å²) in [5.41, 5.74) is -0.802. The maximum absolute atomic E-state index is 12.8. The number of carbonyl (C=O) groups excluding carboxylic acids is 3. The van der Waals surface area contributed by atoms with E-state index in [1.54, 1.807) is 13.8 Å². The van der Waals surface area contributed by atoms with Gasteiger partial charge in [-0.2, -0.15) is 0 Å². The van der Waals surface area contributed by atoms with E-state index >= 15 is 0 Å². The largest absolute Gasteiger partial charge is 0.460 e. The Morgan fingerprint density at radius 1 is 1.02 bits per heavy atom. The van der Waals surface area contributed by atoms with Crippen LogP contribution in [0.3, 0.4) is 0 Å². The van der Waals surface area contributed by atoms with E-state index in [0.29, 0.717) is 13.0 Å². The van der Waals surface area contributed by atoms with Gasteiger partial charge in [0, 0.05) is 17.5 Å². The first-order chi connectivity index (χ1) is 18.7. The van der Waals surface area contributed by atoms with Crippen LogP contribution >= 0.6 is 0 Å². The summed E-state index contributed by atoms with van der Waals surface area (Å²) in [4.78, 5) is 38.2. The number of hydrogen-bond acceptors (Lipinski definition) is 6. The van der Waals surface area contributed by atoms with Gasteiger partial charge in [0.25, 0.3) is 0 Å². The van der Waals surface area contributed by atoms with Gasteiger partial charge in [-0.25, -0.2) is 4.79 Å². The third kappa shape index (κ3) is 12.2. The number of allylic oxidation sites excluding steroid dienone is 1. The molecule has 1 saturated heterocycles. The molecule has 0 bridgehead atoms. The van der Waals surface area contributed by atoms with Crippen LogP contribution in [0.4, 0.5) is 4.79 Å². The van der Waals surface area contributed by atoms with Crippen molar-refractivity contribution < 1.29 is 28.6 Å². The Labute approximate surface area is 241 Å². The van der Waals surface area contributed by atoms with Gasteiger partial charge in [0.15, 0.2) is 5.79 Å². The summed E-state index contributed by atoms with van der Waals surface area (Å²) >= 11 is 0. The molecule has 9 nitrogen and oxygen atoms in total. The van der Waals surface area contributed by atoms with E-state index in [0.717, 1.165) is 44.9 Å². The van der Waals surface area contributed by atoms with Crippen molar-refractivity contribution in [2.45, 2.75) is 148 Å². The second kappa shape index (κ2) is 15.8. The van der Waals surface area contributed by atoms with Gasteiger partial charge < -0.3 is 30.2 Å². The third-order valence-corrected chi connectivity index (χ3v) is 7.73. The van der Waals surface area contributed by atoms with Gasteiger partial charge in [0.1, 0.15) is 12.2 Å². The van der Waals surface area contributed by atoms with Crippen LogP contribution < -0.4 is 16.0 Å². The quantitative estimate of drug-likeness (QED) is 0.137. The fourth-order valence-electron chi connectivity index (χ4n) is 5.29. The van der Waals surface area contributed by atoms with E-state index in [9.17, 15) is 14.4 Å². The molecule has 2 aliphatic rings. The fourth-order valence-corrected chi connectivity index (χ4v) is 5.29. The fraction of sp³-hybridized carbons (Fsp3) is 0.839. The summed E-state index contributed by atoms with van der Waals surface area (Å²) in [5, 5.41) is 8.97. The number of unbranched alkanes of at least 4 members (excludes halogenated alkanes) is 5. The lowest BCUT2D eigenvalue weighted by Gasteiger charge is -2.44. The summed E-state index contributed by atoms with van der Waals surface area (Å²) < 4.78 is 17.3. The van der Waals surface area contributed by atoms with Gasteiger partial charge in [-0.1, -0.05) is 52.0 Å². The van der Waals surface area contributed by atoms with Crippen LogP contribution in [0.5, 0.6) is 0 Å². The topological polar surface area (TPSA) is 115 Å². The predicted molar refractivity (Wildman–Crippen MR) is 157 cm³/mol. The van der Waals surface area contributed by atoms with Gasteiger partial charge in [-0.05, 0) is 66.2 Å². The van der Waals surface area contributed by atoms with Crippen LogP contribution in [0.15, 0.2) is 12.7 Å². The highest BCUT2D eigenvalue weighted by Crippen LogP contribution is 2.34. The molecule has 0 spiro atoms. The maximum atomic E-state index is 12.8. The minimum atomic E-state index is -0.841. The Morgan fingerprint density at radius 2 is 1.70 bits per heavy atom. The molecular formula is C31H55N3O6. The Hall–Kier alpha value is -2.13. The first-order valence-corrected chi connectivity index (χ1v) is 15.2. The monoisotopic (exact) mass is 565 g/mol. The molecule has 0 aromatic rings. The lowest BCUT2D eigenvalue weighted by Crippen LogP contribution is -2.56. The molecule has 1 aliphatic heterocycles. The van der Waals surface area contributed by atoms with Crippen LogP contribution in [0.25, 0.3) is 0 Å². The molecule has 1 heterocycles. The molecule has 1 aliphatic carbocycles. The molecule has 9 heteroatoms. The van der Waals surface area contributed by atoms with Crippen molar-refractivity contribution in [1.29, 1.82) is 0 Å². The zero-order valence-electron chi connectivity index (χ0n) is 25.9. The van der Waals surface area contributed by atoms with Crippen LogP contribution in [0.2, 0.25) is 0 Å². The average molecular weight is 566 g/mol. The second-order valence-corrected chi connectivity index (χ2v) is 13.2. The van der Waals surface area contributed by atoms with Crippen LogP contribution in [0.1, 0.15) is 119 Å². The number of esters is 1. The SMILES string of the molecule is C=CCCCCCCCC(C)(C)NC(=O)NC1CCCCC1OC(=O)CCNC(=O)C1OC(C)(C)OCC1(C)C. The molecule has 0 radical (unpaired) electrons. The summed E-state index contributed by atoms with van der Waals surface area (Å²) in [5.74, 6) is -1.50. The number of rotatable bonds is 15. The van der Waals surface area contributed by atoms with Crippen molar-refractivity contribution in [3.63, 3.8) is 0 Å². The van der Waals surface area contributed by atoms with Crippen molar-refractivity contribution in [3.8, 4) is 0 Å². The number of nitrogens with one attached hydrogen (secondary N) is 3. The molecule has 3 amide bonds. The van der Waals surface area contributed by atoms with Gasteiger partial charge in [-0.3, -0.25) is 9.59 Å². The van der Waals surface area contributed by atoms with E-state index in [1.807, 2.05) is 33.8 Å². The van der Waals surface area contributed by atoms with E-state index in [1.165, 1.54) is 19.3 Å². The lowest BCUT2D eigenvalue weighted by atomic mass is 9.85. The molecule has 2 rings (SSSR count). The molecule has 230 valence electrons. The highest BCUT2D eigenvalue weighted by Gasteiger charge is 2.45. The van der Waals surface area contributed by atoms with Crippen molar-refractivity contribution in [1.82, 2.24) is 16.0 Å². The number of amides is 3. The first-order valence-electron chi connectivity index (χ1n) is 15.2.